The number of nitrogens with zero attached hydrogens (tertiary/aromatic N) is 2. The topological polar surface area (TPSA) is 112 Å². The van der Waals surface area contributed by atoms with E-state index in [0.717, 1.165) is 40.4 Å². The Labute approximate surface area is 184 Å². The van der Waals surface area contributed by atoms with Crippen LogP contribution in [0.3, 0.4) is 0 Å². The van der Waals surface area contributed by atoms with Gasteiger partial charge in [-0.25, -0.2) is 17.7 Å². The molecule has 0 bridgehead atoms. The molecule has 0 aliphatic heterocycles. The van der Waals surface area contributed by atoms with Crippen molar-refractivity contribution in [2.24, 2.45) is 0 Å². The van der Waals surface area contributed by atoms with Crippen LogP contribution in [-0.4, -0.2) is 42.7 Å². The van der Waals surface area contributed by atoms with Crippen molar-refractivity contribution >= 4 is 43.2 Å². The quantitative estimate of drug-likeness (QED) is 0.587. The highest BCUT2D eigenvalue weighted by atomic mass is 32.2. The van der Waals surface area contributed by atoms with E-state index >= 15 is 0 Å². The van der Waals surface area contributed by atoms with Gasteiger partial charge in [-0.2, -0.15) is 0 Å². The molecule has 0 spiro atoms. The number of fused-ring (bicyclic) bond motifs is 3. The standard InChI is InChI=1S/C21H24N4O4S2/c1-25(2)31(28,29)14-7-5-6-13(12-14)22-18(26)11-10-17-23-20(27)19-15-8-3-4-9-16(15)30-21(19)24-17/h5-7,12H,3-4,8-11H2,1-2H3,(H,22,26)(H,23,24,27). The van der Waals surface area contributed by atoms with Gasteiger partial charge in [0.25, 0.3) is 5.56 Å². The Balaban J connectivity index is 1.46. The number of hydrogen-bond donors (Lipinski definition) is 2. The van der Waals surface area contributed by atoms with Crippen LogP contribution in [-0.2, 0) is 34.1 Å². The van der Waals surface area contributed by atoms with Crippen molar-refractivity contribution in [3.63, 3.8) is 0 Å². The first-order chi connectivity index (χ1) is 14.8. The smallest absolute Gasteiger partial charge is 0.259 e. The van der Waals surface area contributed by atoms with Gasteiger partial charge in [-0.05, 0) is 49.4 Å². The van der Waals surface area contributed by atoms with Crippen LogP contribution in [0, 0.1) is 0 Å². The number of nitrogens with one attached hydrogen (secondary N) is 2. The number of aromatic amines is 1. The molecule has 2 aromatic heterocycles. The Kier molecular flexibility index (Phi) is 5.96. The van der Waals surface area contributed by atoms with Crippen LogP contribution in [0.2, 0.25) is 0 Å². The summed E-state index contributed by atoms with van der Waals surface area (Å²) in [5, 5.41) is 3.42. The van der Waals surface area contributed by atoms with Gasteiger partial charge in [-0.3, -0.25) is 9.59 Å². The Morgan fingerprint density at radius 1 is 1.26 bits per heavy atom. The number of H-pyrrole nitrogens is 1. The van der Waals surface area contributed by atoms with Crippen LogP contribution in [0.25, 0.3) is 10.2 Å². The third-order valence-corrected chi connectivity index (χ3v) is 8.36. The Morgan fingerprint density at radius 2 is 2.03 bits per heavy atom. The number of anilines is 1. The van der Waals surface area contributed by atoms with E-state index in [4.69, 9.17) is 0 Å². The fourth-order valence-corrected chi connectivity index (χ4v) is 5.96. The maximum atomic E-state index is 12.6. The predicted molar refractivity (Wildman–Crippen MR) is 121 cm³/mol. The number of amides is 1. The first-order valence-corrected chi connectivity index (χ1v) is 12.4. The molecule has 3 aromatic rings. The molecule has 2 heterocycles. The van der Waals surface area contributed by atoms with E-state index in [0.29, 0.717) is 16.9 Å². The average Bonchev–Trinajstić information content (AvgIpc) is 3.11. The summed E-state index contributed by atoms with van der Waals surface area (Å²) in [7, 11) is -0.677. The van der Waals surface area contributed by atoms with Crippen LogP contribution >= 0.6 is 11.3 Å². The summed E-state index contributed by atoms with van der Waals surface area (Å²) in [5.74, 6) is 0.197. The maximum Gasteiger partial charge on any atom is 0.259 e. The largest absolute Gasteiger partial charge is 0.326 e. The molecular weight excluding hydrogens is 436 g/mol. The van der Waals surface area contributed by atoms with E-state index in [9.17, 15) is 18.0 Å². The molecule has 164 valence electrons. The molecular formula is C21H24N4O4S2. The maximum absolute atomic E-state index is 12.6. The highest BCUT2D eigenvalue weighted by Gasteiger charge is 2.20. The van der Waals surface area contributed by atoms with Crippen LogP contribution < -0.4 is 10.9 Å². The second kappa shape index (κ2) is 8.52. The van der Waals surface area contributed by atoms with Gasteiger partial charge >= 0.3 is 0 Å². The van der Waals surface area contributed by atoms with Crippen LogP contribution in [0.15, 0.2) is 34.0 Å². The van der Waals surface area contributed by atoms with E-state index in [1.54, 1.807) is 23.5 Å². The minimum absolute atomic E-state index is 0.105. The van der Waals surface area contributed by atoms with Gasteiger partial charge in [-0.1, -0.05) is 6.07 Å². The van der Waals surface area contributed by atoms with Crippen molar-refractivity contribution in [1.29, 1.82) is 0 Å². The molecule has 1 amide bonds. The Bertz CT molecular complexity index is 1310. The normalized spacial score (nSPS) is 14.0. The molecule has 0 saturated heterocycles. The van der Waals surface area contributed by atoms with Crippen LogP contribution in [0.4, 0.5) is 5.69 Å². The second-order valence-electron chi connectivity index (χ2n) is 7.77. The van der Waals surface area contributed by atoms with Gasteiger partial charge in [0.1, 0.15) is 10.7 Å². The van der Waals surface area contributed by atoms with Crippen molar-refractivity contribution in [1.82, 2.24) is 14.3 Å². The lowest BCUT2D eigenvalue weighted by molar-refractivity contribution is -0.116. The van der Waals surface area contributed by atoms with Crippen molar-refractivity contribution in [2.45, 2.75) is 43.4 Å². The zero-order chi connectivity index (χ0) is 22.2. The lowest BCUT2D eigenvalue weighted by atomic mass is 9.97. The number of carbonyl (C=O) groups excluding carboxylic acids is 1. The van der Waals surface area contributed by atoms with Gasteiger partial charge < -0.3 is 10.3 Å². The summed E-state index contributed by atoms with van der Waals surface area (Å²) in [4.78, 5) is 34.5. The first-order valence-electron chi connectivity index (χ1n) is 10.1. The molecule has 31 heavy (non-hydrogen) atoms. The van der Waals surface area contributed by atoms with E-state index in [1.807, 2.05) is 0 Å². The third kappa shape index (κ3) is 4.41. The molecule has 1 aliphatic carbocycles. The molecule has 2 N–H and O–H groups in total. The van der Waals surface area contributed by atoms with Gasteiger partial charge in [0.05, 0.1) is 10.3 Å². The molecule has 0 radical (unpaired) electrons. The summed E-state index contributed by atoms with van der Waals surface area (Å²) in [5.41, 5.74) is 1.40. The third-order valence-electron chi connectivity index (χ3n) is 5.36. The summed E-state index contributed by atoms with van der Waals surface area (Å²) in [6.45, 7) is 0. The highest BCUT2D eigenvalue weighted by molar-refractivity contribution is 7.89. The molecule has 0 unspecified atom stereocenters. The molecule has 1 aromatic carbocycles. The zero-order valence-electron chi connectivity index (χ0n) is 17.4. The SMILES string of the molecule is CN(C)S(=O)(=O)c1cccc(NC(=O)CCc2nc3sc4c(c3c(=O)[nH]2)CCCC4)c1. The van der Waals surface area contributed by atoms with Crippen LogP contribution in [0.5, 0.6) is 0 Å². The average molecular weight is 461 g/mol. The first kappa shape index (κ1) is 21.7. The monoisotopic (exact) mass is 460 g/mol. The number of rotatable bonds is 6. The number of aromatic nitrogens is 2. The lowest BCUT2D eigenvalue weighted by Gasteiger charge is -2.12. The Hall–Kier alpha value is -2.56. The van der Waals surface area contributed by atoms with Gasteiger partial charge in [0, 0.05) is 37.5 Å². The van der Waals surface area contributed by atoms with Crippen molar-refractivity contribution in [3.05, 3.63) is 50.9 Å². The number of benzene rings is 1. The molecule has 10 heteroatoms. The molecule has 8 nitrogen and oxygen atoms in total. The van der Waals surface area contributed by atoms with E-state index < -0.39 is 10.0 Å². The van der Waals surface area contributed by atoms with Gasteiger partial charge in [0.2, 0.25) is 15.9 Å². The number of thiophene rings is 1. The van der Waals surface area contributed by atoms with E-state index in [-0.39, 0.29) is 29.2 Å². The van der Waals surface area contributed by atoms with Crippen LogP contribution in [0.1, 0.15) is 35.5 Å². The molecule has 4 rings (SSSR count). The second-order valence-corrected chi connectivity index (χ2v) is 11.0. The zero-order valence-corrected chi connectivity index (χ0v) is 19.0. The fraction of sp³-hybridized carbons (Fsp3) is 0.381. The summed E-state index contributed by atoms with van der Waals surface area (Å²) >= 11 is 1.58. The van der Waals surface area contributed by atoms with Gasteiger partial charge in [-0.15, -0.1) is 11.3 Å². The molecule has 0 fully saturated rings. The van der Waals surface area contributed by atoms with Crippen molar-refractivity contribution < 1.29 is 13.2 Å². The molecule has 0 saturated carbocycles. The lowest BCUT2D eigenvalue weighted by Crippen LogP contribution is -2.22. The Morgan fingerprint density at radius 3 is 2.81 bits per heavy atom. The summed E-state index contributed by atoms with van der Waals surface area (Å²) < 4.78 is 25.6. The number of sulfonamides is 1. The highest BCUT2D eigenvalue weighted by Crippen LogP contribution is 2.33. The molecule has 1 aliphatic rings. The number of hydrogen-bond acceptors (Lipinski definition) is 6. The minimum Gasteiger partial charge on any atom is -0.326 e. The predicted octanol–water partition coefficient (Wildman–Crippen LogP) is 2.69. The minimum atomic E-state index is -3.58. The fourth-order valence-electron chi connectivity index (χ4n) is 3.73. The van der Waals surface area contributed by atoms with E-state index in [1.165, 1.54) is 31.1 Å². The van der Waals surface area contributed by atoms with E-state index in [2.05, 4.69) is 15.3 Å². The van der Waals surface area contributed by atoms with Gasteiger partial charge in [0.15, 0.2) is 0 Å². The number of carbonyl (C=O) groups is 1. The number of aryl methyl sites for hydroxylation is 3. The summed E-state index contributed by atoms with van der Waals surface area (Å²) in [6, 6.07) is 6.12. The van der Waals surface area contributed by atoms with Crippen molar-refractivity contribution in [2.75, 3.05) is 19.4 Å². The van der Waals surface area contributed by atoms with Crippen molar-refractivity contribution in [3.8, 4) is 0 Å². The molecule has 0 atom stereocenters. The summed E-state index contributed by atoms with van der Waals surface area (Å²) in [6.07, 6.45) is 4.55.